The second-order valence-electron chi connectivity index (χ2n) is 7.27. The molecule has 168 valence electrons. The Morgan fingerprint density at radius 3 is 2.35 bits per heavy atom. The van der Waals surface area contributed by atoms with Crippen LogP contribution < -0.4 is 19.5 Å². The van der Waals surface area contributed by atoms with Crippen LogP contribution in [0.5, 0.6) is 17.2 Å². The Hall–Kier alpha value is -2.93. The maximum atomic E-state index is 12.5. The van der Waals surface area contributed by atoms with Crippen LogP contribution in [0.25, 0.3) is 0 Å². The van der Waals surface area contributed by atoms with E-state index in [2.05, 4.69) is 5.32 Å². The number of anilines is 1. The molecule has 2 rings (SSSR count). The zero-order valence-electron chi connectivity index (χ0n) is 18.6. The number of aryl methyl sites for hydroxylation is 1. The minimum atomic E-state index is -1.04. The van der Waals surface area contributed by atoms with Gasteiger partial charge in [0.2, 0.25) is 0 Å². The molecule has 0 aliphatic carbocycles. The van der Waals surface area contributed by atoms with Gasteiger partial charge in [-0.1, -0.05) is 25.4 Å². The van der Waals surface area contributed by atoms with Crippen molar-refractivity contribution in [3.8, 4) is 17.2 Å². The summed E-state index contributed by atoms with van der Waals surface area (Å²) in [7, 11) is 3.01. The molecule has 0 aliphatic rings. The summed E-state index contributed by atoms with van der Waals surface area (Å²) in [6, 6.07) is 8.61. The number of carbonyl (C=O) groups excluding carboxylic acids is 2. The second kappa shape index (κ2) is 10.9. The van der Waals surface area contributed by atoms with Gasteiger partial charge in [-0.15, -0.1) is 0 Å². The molecule has 2 aromatic rings. The van der Waals surface area contributed by atoms with E-state index in [0.29, 0.717) is 28.0 Å². The van der Waals surface area contributed by atoms with Gasteiger partial charge in [0.25, 0.3) is 5.91 Å². The van der Waals surface area contributed by atoms with E-state index in [1.54, 1.807) is 24.3 Å². The fourth-order valence-electron chi connectivity index (χ4n) is 2.81. The van der Waals surface area contributed by atoms with Crippen LogP contribution in [0.1, 0.15) is 37.8 Å². The van der Waals surface area contributed by atoms with Crippen LogP contribution in [0.2, 0.25) is 5.02 Å². The Bertz CT molecular complexity index is 944. The Morgan fingerprint density at radius 1 is 1.03 bits per heavy atom. The highest BCUT2D eigenvalue weighted by molar-refractivity contribution is 6.31. The lowest BCUT2D eigenvalue weighted by atomic mass is 10.0. The third-order valence-electron chi connectivity index (χ3n) is 4.60. The Morgan fingerprint density at radius 2 is 1.74 bits per heavy atom. The lowest BCUT2D eigenvalue weighted by molar-refractivity contribution is -0.155. The molecule has 0 radical (unpaired) electrons. The molecule has 0 heterocycles. The largest absolute Gasteiger partial charge is 0.497 e. The number of amides is 1. The van der Waals surface area contributed by atoms with Gasteiger partial charge in [-0.25, -0.2) is 4.79 Å². The van der Waals surface area contributed by atoms with Crippen LogP contribution in [0.4, 0.5) is 5.69 Å². The third-order valence-corrected chi connectivity index (χ3v) is 5.01. The summed E-state index contributed by atoms with van der Waals surface area (Å²) in [5, 5.41) is 3.31. The minimum Gasteiger partial charge on any atom is -0.497 e. The number of hydrogen-bond donors (Lipinski definition) is 1. The molecule has 0 saturated carbocycles. The molecule has 1 amide bonds. The van der Waals surface area contributed by atoms with E-state index in [9.17, 15) is 9.59 Å². The maximum Gasteiger partial charge on any atom is 0.344 e. The number of rotatable bonds is 9. The molecule has 0 aliphatic heterocycles. The number of benzene rings is 2. The van der Waals surface area contributed by atoms with Crippen LogP contribution in [0, 0.1) is 6.92 Å². The summed E-state index contributed by atoms with van der Waals surface area (Å²) in [4.78, 5) is 24.7. The van der Waals surface area contributed by atoms with Gasteiger partial charge in [-0.3, -0.25) is 4.79 Å². The number of ether oxygens (including phenoxy) is 4. The van der Waals surface area contributed by atoms with Crippen molar-refractivity contribution in [2.45, 2.75) is 39.7 Å². The molecule has 0 saturated heterocycles. The Labute approximate surface area is 187 Å². The smallest absolute Gasteiger partial charge is 0.344 e. The van der Waals surface area contributed by atoms with Crippen molar-refractivity contribution >= 4 is 29.2 Å². The molecule has 2 aromatic carbocycles. The zero-order chi connectivity index (χ0) is 23.1. The molecular formula is C23H28ClNO6. The quantitative estimate of drug-likeness (QED) is 0.557. The number of methoxy groups -OCH3 is 2. The van der Waals surface area contributed by atoms with Crippen molar-refractivity contribution in [1.82, 2.24) is 0 Å². The van der Waals surface area contributed by atoms with E-state index in [1.807, 2.05) is 26.8 Å². The molecular weight excluding hydrogens is 422 g/mol. The average Bonchev–Trinajstić information content (AvgIpc) is 2.73. The average molecular weight is 450 g/mol. The van der Waals surface area contributed by atoms with E-state index in [4.69, 9.17) is 30.5 Å². The topological polar surface area (TPSA) is 83.1 Å². The first-order valence-corrected chi connectivity index (χ1v) is 10.2. The van der Waals surface area contributed by atoms with Crippen LogP contribution in [0.15, 0.2) is 30.3 Å². The zero-order valence-corrected chi connectivity index (χ0v) is 19.3. The number of nitrogens with one attached hydrogen (secondary N) is 1. The fraction of sp³-hybridized carbons (Fsp3) is 0.391. The van der Waals surface area contributed by atoms with Crippen molar-refractivity contribution in [1.29, 1.82) is 0 Å². The monoisotopic (exact) mass is 449 g/mol. The number of carbonyl (C=O) groups is 2. The van der Waals surface area contributed by atoms with Crippen molar-refractivity contribution in [3.63, 3.8) is 0 Å². The predicted octanol–water partition coefficient (Wildman–Crippen LogP) is 4.74. The number of halogens is 1. The molecule has 0 fully saturated rings. The lowest BCUT2D eigenvalue weighted by Gasteiger charge is -2.17. The highest BCUT2D eigenvalue weighted by atomic mass is 35.5. The van der Waals surface area contributed by atoms with Crippen LogP contribution in [-0.2, 0) is 14.3 Å². The number of hydrogen-bond acceptors (Lipinski definition) is 6. The number of esters is 1. The van der Waals surface area contributed by atoms with Gasteiger partial charge < -0.3 is 24.3 Å². The summed E-state index contributed by atoms with van der Waals surface area (Å²) < 4.78 is 21.3. The van der Waals surface area contributed by atoms with Gasteiger partial charge >= 0.3 is 5.97 Å². The van der Waals surface area contributed by atoms with Gasteiger partial charge in [-0.2, -0.15) is 0 Å². The molecule has 1 atom stereocenters. The highest BCUT2D eigenvalue weighted by Crippen LogP contribution is 2.32. The molecule has 0 bridgehead atoms. The van der Waals surface area contributed by atoms with Crippen molar-refractivity contribution in [2.75, 3.05) is 26.1 Å². The molecule has 8 heteroatoms. The first-order chi connectivity index (χ1) is 14.7. The SMILES string of the molecule is COc1ccc(OC)c(NC(=O)C(C)OC(=O)COc2cc(C)c(Cl)cc2C(C)C)c1. The van der Waals surface area contributed by atoms with E-state index >= 15 is 0 Å². The van der Waals surface area contributed by atoms with Crippen molar-refractivity contribution in [3.05, 3.63) is 46.5 Å². The fourth-order valence-corrected chi connectivity index (χ4v) is 2.99. The van der Waals surface area contributed by atoms with Crippen LogP contribution in [0.3, 0.4) is 0 Å². The Balaban J connectivity index is 1.99. The lowest BCUT2D eigenvalue weighted by Crippen LogP contribution is -2.31. The van der Waals surface area contributed by atoms with E-state index < -0.39 is 18.0 Å². The summed E-state index contributed by atoms with van der Waals surface area (Å²) >= 11 is 6.19. The van der Waals surface area contributed by atoms with Gasteiger partial charge in [0.1, 0.15) is 17.2 Å². The van der Waals surface area contributed by atoms with Crippen LogP contribution in [-0.4, -0.2) is 38.8 Å². The predicted molar refractivity (Wildman–Crippen MR) is 120 cm³/mol. The summed E-state index contributed by atoms with van der Waals surface area (Å²) in [5.41, 5.74) is 2.14. The molecule has 31 heavy (non-hydrogen) atoms. The van der Waals surface area contributed by atoms with Gasteiger partial charge in [-0.05, 0) is 55.2 Å². The molecule has 0 spiro atoms. The molecule has 0 aromatic heterocycles. The normalized spacial score (nSPS) is 11.6. The second-order valence-corrected chi connectivity index (χ2v) is 7.68. The maximum absolute atomic E-state index is 12.5. The van der Waals surface area contributed by atoms with Crippen molar-refractivity contribution in [2.24, 2.45) is 0 Å². The molecule has 1 unspecified atom stereocenters. The highest BCUT2D eigenvalue weighted by Gasteiger charge is 2.21. The minimum absolute atomic E-state index is 0.159. The standard InChI is InChI=1S/C23H28ClNO6/c1-13(2)17-11-18(24)14(3)9-21(17)30-12-22(26)31-15(4)23(27)25-19-10-16(28-5)7-8-20(19)29-6/h7-11,13,15H,12H2,1-6H3,(H,25,27). The summed E-state index contributed by atoms with van der Waals surface area (Å²) in [6.07, 6.45) is -1.04. The van der Waals surface area contributed by atoms with Crippen LogP contribution >= 0.6 is 11.6 Å². The molecule has 7 nitrogen and oxygen atoms in total. The first-order valence-electron chi connectivity index (χ1n) is 9.81. The first kappa shape index (κ1) is 24.3. The van der Waals surface area contributed by atoms with E-state index in [0.717, 1.165) is 11.1 Å². The summed E-state index contributed by atoms with van der Waals surface area (Å²) in [6.45, 7) is 7.01. The van der Waals surface area contributed by atoms with Gasteiger partial charge in [0, 0.05) is 11.1 Å². The third kappa shape index (κ3) is 6.52. The molecule has 1 N–H and O–H groups in total. The Kier molecular flexibility index (Phi) is 8.56. The van der Waals surface area contributed by atoms with E-state index in [-0.39, 0.29) is 12.5 Å². The van der Waals surface area contributed by atoms with Gasteiger partial charge in [0.05, 0.1) is 19.9 Å². The van der Waals surface area contributed by atoms with Crippen molar-refractivity contribution < 1.29 is 28.5 Å². The van der Waals surface area contributed by atoms with Gasteiger partial charge in [0.15, 0.2) is 12.7 Å². The van der Waals surface area contributed by atoms with E-state index in [1.165, 1.54) is 21.1 Å². The summed E-state index contributed by atoms with van der Waals surface area (Å²) in [5.74, 6) is 0.551.